The third kappa shape index (κ3) is 3.12. The number of benzene rings is 1. The molecule has 96 valence electrons. The van der Waals surface area contributed by atoms with E-state index in [1.807, 2.05) is 0 Å². The van der Waals surface area contributed by atoms with Crippen molar-refractivity contribution < 1.29 is 0 Å². The summed E-state index contributed by atoms with van der Waals surface area (Å²) in [6.45, 7) is 6.47. The molecule has 1 heterocycles. The topological polar surface area (TPSA) is 24.9 Å². The van der Waals surface area contributed by atoms with Gasteiger partial charge in [-0.2, -0.15) is 0 Å². The average molecular weight is 325 g/mol. The van der Waals surface area contributed by atoms with Crippen LogP contribution in [0.4, 0.5) is 5.13 Å². The molecule has 2 nitrogen and oxygen atoms in total. The standard InChI is InChI=1S/C14H17BrN2S/c1-4-9(2)16-14-17-13(10(3)18-14)11-5-7-12(15)8-6-11/h5-9H,4H2,1-3H3,(H,16,17)/t9-/m0/s1. The third-order valence-corrected chi connectivity index (χ3v) is 4.33. The Morgan fingerprint density at radius 1 is 1.33 bits per heavy atom. The van der Waals surface area contributed by atoms with Crippen LogP contribution in [-0.2, 0) is 0 Å². The van der Waals surface area contributed by atoms with Crippen molar-refractivity contribution in [3.05, 3.63) is 33.6 Å². The van der Waals surface area contributed by atoms with E-state index < -0.39 is 0 Å². The van der Waals surface area contributed by atoms with Gasteiger partial charge in [-0.05, 0) is 32.4 Å². The first kappa shape index (κ1) is 13.6. The summed E-state index contributed by atoms with van der Waals surface area (Å²) < 4.78 is 1.09. The molecule has 0 unspecified atom stereocenters. The molecule has 0 fully saturated rings. The molecule has 18 heavy (non-hydrogen) atoms. The highest BCUT2D eigenvalue weighted by Gasteiger charge is 2.10. The first-order chi connectivity index (χ1) is 8.60. The molecule has 0 aliphatic carbocycles. The number of aryl methyl sites for hydroxylation is 1. The molecule has 4 heteroatoms. The monoisotopic (exact) mass is 324 g/mol. The van der Waals surface area contributed by atoms with E-state index in [2.05, 4.69) is 71.3 Å². The molecule has 1 aromatic heterocycles. The van der Waals surface area contributed by atoms with Crippen LogP contribution < -0.4 is 5.32 Å². The van der Waals surface area contributed by atoms with Crippen LogP contribution in [0.5, 0.6) is 0 Å². The van der Waals surface area contributed by atoms with Crippen LogP contribution >= 0.6 is 27.3 Å². The maximum absolute atomic E-state index is 4.69. The van der Waals surface area contributed by atoms with E-state index in [-0.39, 0.29) is 0 Å². The maximum Gasteiger partial charge on any atom is 0.183 e. The molecule has 0 radical (unpaired) electrons. The fourth-order valence-corrected chi connectivity index (χ4v) is 2.86. The van der Waals surface area contributed by atoms with Crippen molar-refractivity contribution in [3.8, 4) is 11.3 Å². The lowest BCUT2D eigenvalue weighted by Crippen LogP contribution is -2.12. The zero-order valence-corrected chi connectivity index (χ0v) is 13.2. The first-order valence-corrected chi connectivity index (χ1v) is 7.71. The molecule has 0 aliphatic rings. The van der Waals surface area contributed by atoms with E-state index in [1.54, 1.807) is 11.3 Å². The lowest BCUT2D eigenvalue weighted by atomic mass is 10.1. The van der Waals surface area contributed by atoms with Crippen LogP contribution in [0, 0.1) is 6.92 Å². The number of anilines is 1. The van der Waals surface area contributed by atoms with Crippen LogP contribution in [0.2, 0.25) is 0 Å². The van der Waals surface area contributed by atoms with Gasteiger partial charge in [0.05, 0.1) is 5.69 Å². The molecule has 0 saturated carbocycles. The highest BCUT2D eigenvalue weighted by molar-refractivity contribution is 9.10. The van der Waals surface area contributed by atoms with E-state index in [1.165, 1.54) is 10.4 Å². The lowest BCUT2D eigenvalue weighted by Gasteiger charge is -2.08. The fraction of sp³-hybridized carbons (Fsp3) is 0.357. The minimum absolute atomic E-state index is 0.466. The Hall–Kier alpha value is -0.870. The number of hydrogen-bond acceptors (Lipinski definition) is 3. The van der Waals surface area contributed by atoms with Crippen LogP contribution in [0.3, 0.4) is 0 Å². The Morgan fingerprint density at radius 2 is 2.00 bits per heavy atom. The van der Waals surface area contributed by atoms with Gasteiger partial charge in [0.2, 0.25) is 0 Å². The zero-order valence-electron chi connectivity index (χ0n) is 10.8. The second-order valence-electron chi connectivity index (χ2n) is 4.38. The summed E-state index contributed by atoms with van der Waals surface area (Å²) in [7, 11) is 0. The summed E-state index contributed by atoms with van der Waals surface area (Å²) in [4.78, 5) is 5.94. The predicted molar refractivity (Wildman–Crippen MR) is 83.4 cm³/mol. The average Bonchev–Trinajstić information content (AvgIpc) is 2.71. The van der Waals surface area contributed by atoms with Gasteiger partial charge >= 0.3 is 0 Å². The molecule has 0 amide bonds. The van der Waals surface area contributed by atoms with Crippen LogP contribution in [0.1, 0.15) is 25.1 Å². The number of nitrogens with one attached hydrogen (secondary N) is 1. The summed E-state index contributed by atoms with van der Waals surface area (Å²) in [5.74, 6) is 0. The Bertz CT molecular complexity index is 519. The number of rotatable bonds is 4. The van der Waals surface area contributed by atoms with Crippen molar-refractivity contribution in [1.29, 1.82) is 0 Å². The maximum atomic E-state index is 4.69. The lowest BCUT2D eigenvalue weighted by molar-refractivity contribution is 0.763. The molecule has 0 bridgehead atoms. The Balaban J connectivity index is 2.26. The van der Waals surface area contributed by atoms with Crippen molar-refractivity contribution in [1.82, 2.24) is 4.98 Å². The molecular formula is C14H17BrN2S. The van der Waals surface area contributed by atoms with Gasteiger partial charge in [-0.25, -0.2) is 4.98 Å². The number of thiazole rings is 1. The largest absolute Gasteiger partial charge is 0.359 e. The predicted octanol–water partition coefficient (Wildman–Crippen LogP) is 5.09. The number of hydrogen-bond donors (Lipinski definition) is 1. The highest BCUT2D eigenvalue weighted by Crippen LogP contribution is 2.31. The van der Waals surface area contributed by atoms with Crippen LogP contribution in [-0.4, -0.2) is 11.0 Å². The normalized spacial score (nSPS) is 12.4. The number of aromatic nitrogens is 1. The summed E-state index contributed by atoms with van der Waals surface area (Å²) in [5.41, 5.74) is 2.25. The summed E-state index contributed by atoms with van der Waals surface area (Å²) in [5, 5.41) is 4.45. The molecule has 0 aliphatic heterocycles. The molecule has 1 aromatic carbocycles. The van der Waals surface area contributed by atoms with Crippen molar-refractivity contribution in [2.24, 2.45) is 0 Å². The van der Waals surface area contributed by atoms with Crippen molar-refractivity contribution in [2.75, 3.05) is 5.32 Å². The molecule has 2 rings (SSSR count). The number of nitrogens with zero attached hydrogens (tertiary/aromatic N) is 1. The van der Waals surface area contributed by atoms with Crippen molar-refractivity contribution in [3.63, 3.8) is 0 Å². The van der Waals surface area contributed by atoms with Gasteiger partial charge in [0.1, 0.15) is 0 Å². The van der Waals surface area contributed by atoms with Gasteiger partial charge in [-0.3, -0.25) is 0 Å². The van der Waals surface area contributed by atoms with Gasteiger partial charge in [-0.15, -0.1) is 11.3 Å². The van der Waals surface area contributed by atoms with Crippen LogP contribution in [0.25, 0.3) is 11.3 Å². The first-order valence-electron chi connectivity index (χ1n) is 6.10. The van der Waals surface area contributed by atoms with Crippen molar-refractivity contribution in [2.45, 2.75) is 33.2 Å². The third-order valence-electron chi connectivity index (χ3n) is 2.90. The Labute approximate surface area is 121 Å². The fourth-order valence-electron chi connectivity index (χ4n) is 1.65. The van der Waals surface area contributed by atoms with Gasteiger partial charge in [0, 0.05) is 21.0 Å². The molecule has 2 aromatic rings. The molecule has 1 N–H and O–H groups in total. The Morgan fingerprint density at radius 3 is 2.61 bits per heavy atom. The van der Waals surface area contributed by atoms with Gasteiger partial charge in [0.25, 0.3) is 0 Å². The summed E-state index contributed by atoms with van der Waals surface area (Å²) in [6, 6.07) is 8.76. The summed E-state index contributed by atoms with van der Waals surface area (Å²) in [6.07, 6.45) is 1.10. The Kier molecular flexibility index (Phi) is 4.40. The van der Waals surface area contributed by atoms with E-state index in [0.29, 0.717) is 6.04 Å². The zero-order chi connectivity index (χ0) is 13.1. The van der Waals surface area contributed by atoms with E-state index >= 15 is 0 Å². The van der Waals surface area contributed by atoms with E-state index in [9.17, 15) is 0 Å². The molecule has 0 spiro atoms. The molecule has 0 saturated heterocycles. The van der Waals surface area contributed by atoms with Gasteiger partial charge < -0.3 is 5.32 Å². The smallest absolute Gasteiger partial charge is 0.183 e. The second kappa shape index (κ2) is 5.85. The highest BCUT2D eigenvalue weighted by atomic mass is 79.9. The molecular weight excluding hydrogens is 308 g/mol. The van der Waals surface area contributed by atoms with Gasteiger partial charge in [0.15, 0.2) is 5.13 Å². The molecule has 1 atom stereocenters. The van der Waals surface area contributed by atoms with Crippen LogP contribution in [0.15, 0.2) is 28.7 Å². The number of halogens is 1. The SMILES string of the molecule is CC[C@H](C)Nc1nc(-c2ccc(Br)cc2)c(C)s1. The second-order valence-corrected chi connectivity index (χ2v) is 6.50. The van der Waals surface area contributed by atoms with Crippen molar-refractivity contribution >= 4 is 32.4 Å². The minimum atomic E-state index is 0.466. The summed E-state index contributed by atoms with van der Waals surface area (Å²) >= 11 is 5.18. The minimum Gasteiger partial charge on any atom is -0.359 e. The quantitative estimate of drug-likeness (QED) is 0.847. The van der Waals surface area contributed by atoms with E-state index in [4.69, 9.17) is 0 Å². The van der Waals surface area contributed by atoms with Gasteiger partial charge in [-0.1, -0.05) is 35.0 Å². The van der Waals surface area contributed by atoms with E-state index in [0.717, 1.165) is 21.7 Å².